The summed E-state index contributed by atoms with van der Waals surface area (Å²) in [5.41, 5.74) is 0. The monoisotopic (exact) mass is 344 g/mol. The second-order valence-corrected chi connectivity index (χ2v) is 8.20. The van der Waals surface area contributed by atoms with Crippen molar-refractivity contribution in [2.75, 3.05) is 39.1 Å². The maximum atomic E-state index is 12.0. The van der Waals surface area contributed by atoms with E-state index in [9.17, 15) is 13.2 Å². The lowest BCUT2D eigenvalue weighted by molar-refractivity contribution is -0.120. The van der Waals surface area contributed by atoms with Gasteiger partial charge in [-0.2, -0.15) is 0 Å². The van der Waals surface area contributed by atoms with Gasteiger partial charge in [0.25, 0.3) is 0 Å². The zero-order valence-electron chi connectivity index (χ0n) is 13.7. The normalized spacial score (nSPS) is 19.3. The molecule has 23 heavy (non-hydrogen) atoms. The van der Waals surface area contributed by atoms with Crippen molar-refractivity contribution in [2.45, 2.75) is 25.1 Å². The molecule has 1 N–H and O–H groups in total. The van der Waals surface area contributed by atoms with Gasteiger partial charge in [0, 0.05) is 25.9 Å². The molecule has 1 saturated heterocycles. The van der Waals surface area contributed by atoms with Crippen LogP contribution in [0, 0.1) is 6.92 Å². The smallest absolute Gasteiger partial charge is 0.238 e. The average Bonchev–Trinajstić information content (AvgIpc) is 2.93. The molecule has 0 saturated carbocycles. The molecule has 1 aromatic heterocycles. The van der Waals surface area contributed by atoms with Gasteiger partial charge in [0.15, 0.2) is 9.84 Å². The van der Waals surface area contributed by atoms with E-state index in [2.05, 4.69) is 10.2 Å². The Labute approximate surface area is 136 Å². The molecular weight excluding hydrogens is 320 g/mol. The van der Waals surface area contributed by atoms with E-state index in [1.165, 1.54) is 6.92 Å². The topological polar surface area (TPSA) is 88.9 Å². The first kappa shape index (κ1) is 18.0. The second-order valence-electron chi connectivity index (χ2n) is 5.83. The summed E-state index contributed by atoms with van der Waals surface area (Å²) >= 11 is 0. The van der Waals surface area contributed by atoms with E-state index in [4.69, 9.17) is 9.15 Å². The molecule has 0 aliphatic carbocycles. The molecule has 2 heterocycles. The van der Waals surface area contributed by atoms with Crippen LogP contribution in [0.5, 0.6) is 0 Å². The van der Waals surface area contributed by atoms with Gasteiger partial charge in [-0.3, -0.25) is 9.69 Å². The number of rotatable bonds is 6. The third-order valence-electron chi connectivity index (χ3n) is 4.06. The first-order valence-corrected chi connectivity index (χ1v) is 9.59. The molecule has 8 heteroatoms. The van der Waals surface area contributed by atoms with Crippen molar-refractivity contribution in [3.63, 3.8) is 0 Å². The summed E-state index contributed by atoms with van der Waals surface area (Å²) in [5.74, 6) is 1.07. The first-order valence-electron chi connectivity index (χ1n) is 7.63. The van der Waals surface area contributed by atoms with Gasteiger partial charge in [-0.05, 0) is 26.0 Å². The number of amides is 1. The molecule has 0 radical (unpaired) electrons. The number of hydrogen-bond donors (Lipinski definition) is 1. The predicted molar refractivity (Wildman–Crippen MR) is 85.9 cm³/mol. The summed E-state index contributed by atoms with van der Waals surface area (Å²) in [4.78, 5) is 14.2. The quantitative estimate of drug-likeness (QED) is 0.809. The molecule has 0 aromatic carbocycles. The SMILES string of the molecule is Cc1ccc([C@@H](CNC(=O)[C@@H](C)S(C)(=O)=O)N2CCOCC2)o1. The predicted octanol–water partition coefficient (Wildman–Crippen LogP) is 0.511. The van der Waals surface area contributed by atoms with Crippen molar-refractivity contribution in [1.82, 2.24) is 10.2 Å². The molecule has 1 fully saturated rings. The molecular formula is C15H24N2O5S. The summed E-state index contributed by atoms with van der Waals surface area (Å²) in [7, 11) is -3.40. The van der Waals surface area contributed by atoms with E-state index >= 15 is 0 Å². The Morgan fingerprint density at radius 1 is 1.35 bits per heavy atom. The standard InChI is InChI=1S/C15H24N2O5S/c1-11-4-5-14(22-11)13(17-6-8-21-9-7-17)10-16-15(18)12(2)23(3,19)20/h4-5,12-13H,6-10H2,1-3H3,(H,16,18)/t12-,13-/m1/s1. The van der Waals surface area contributed by atoms with Gasteiger partial charge in [-0.25, -0.2) is 8.42 Å². The number of hydrogen-bond acceptors (Lipinski definition) is 6. The van der Waals surface area contributed by atoms with Gasteiger partial charge >= 0.3 is 0 Å². The van der Waals surface area contributed by atoms with Gasteiger partial charge < -0.3 is 14.5 Å². The molecule has 1 aliphatic heterocycles. The number of ether oxygens (including phenoxy) is 1. The third kappa shape index (κ3) is 4.79. The minimum atomic E-state index is -3.40. The van der Waals surface area contributed by atoms with Crippen LogP contribution in [0.1, 0.15) is 24.5 Å². The lowest BCUT2D eigenvalue weighted by Crippen LogP contribution is -2.46. The van der Waals surface area contributed by atoms with E-state index in [0.29, 0.717) is 19.8 Å². The largest absolute Gasteiger partial charge is 0.465 e. The minimum absolute atomic E-state index is 0.136. The van der Waals surface area contributed by atoms with Gasteiger partial charge in [-0.1, -0.05) is 0 Å². The molecule has 2 rings (SSSR count). The highest BCUT2D eigenvalue weighted by Crippen LogP contribution is 2.23. The van der Waals surface area contributed by atoms with E-state index in [1.807, 2.05) is 19.1 Å². The zero-order chi connectivity index (χ0) is 17.0. The maximum Gasteiger partial charge on any atom is 0.238 e. The fourth-order valence-electron chi connectivity index (χ4n) is 2.47. The van der Waals surface area contributed by atoms with Crippen molar-refractivity contribution in [2.24, 2.45) is 0 Å². The van der Waals surface area contributed by atoms with Crippen molar-refractivity contribution in [1.29, 1.82) is 0 Å². The lowest BCUT2D eigenvalue weighted by Gasteiger charge is -2.33. The van der Waals surface area contributed by atoms with Crippen LogP contribution < -0.4 is 5.32 Å². The highest BCUT2D eigenvalue weighted by atomic mass is 32.2. The summed E-state index contributed by atoms with van der Waals surface area (Å²) in [6.07, 6.45) is 1.06. The Morgan fingerprint density at radius 2 is 2.00 bits per heavy atom. The van der Waals surface area contributed by atoms with Gasteiger partial charge in [-0.15, -0.1) is 0 Å². The van der Waals surface area contributed by atoms with Crippen LogP contribution >= 0.6 is 0 Å². The fourth-order valence-corrected chi connectivity index (χ4v) is 2.94. The number of carbonyl (C=O) groups excluding carboxylic acids is 1. The van der Waals surface area contributed by atoms with Crippen LogP contribution in [0.4, 0.5) is 0 Å². The Morgan fingerprint density at radius 3 is 2.52 bits per heavy atom. The maximum absolute atomic E-state index is 12.0. The van der Waals surface area contributed by atoms with Gasteiger partial charge in [0.2, 0.25) is 5.91 Å². The summed E-state index contributed by atoms with van der Waals surface area (Å²) in [6.45, 7) is 6.29. The third-order valence-corrected chi connectivity index (χ3v) is 5.56. The molecule has 2 atom stereocenters. The zero-order valence-corrected chi connectivity index (χ0v) is 14.6. The molecule has 1 aliphatic rings. The van der Waals surface area contributed by atoms with E-state index in [0.717, 1.165) is 30.9 Å². The number of furan rings is 1. The Balaban J connectivity index is 2.07. The Hall–Kier alpha value is -1.38. The van der Waals surface area contributed by atoms with Crippen LogP contribution in [0.2, 0.25) is 0 Å². The molecule has 1 aromatic rings. The Bertz CT molecular complexity index is 634. The fraction of sp³-hybridized carbons (Fsp3) is 0.667. The van der Waals surface area contributed by atoms with Crippen molar-refractivity contribution in [3.05, 3.63) is 23.7 Å². The number of nitrogens with zero attached hydrogens (tertiary/aromatic N) is 1. The van der Waals surface area contributed by atoms with Gasteiger partial charge in [0.1, 0.15) is 16.8 Å². The van der Waals surface area contributed by atoms with E-state index in [1.54, 1.807) is 0 Å². The van der Waals surface area contributed by atoms with Crippen molar-refractivity contribution in [3.8, 4) is 0 Å². The molecule has 0 spiro atoms. The van der Waals surface area contributed by atoms with Crippen LogP contribution in [0.15, 0.2) is 16.5 Å². The first-order chi connectivity index (χ1) is 10.8. The average molecular weight is 344 g/mol. The second kappa shape index (κ2) is 7.46. The van der Waals surface area contributed by atoms with Crippen LogP contribution in [-0.4, -0.2) is 63.6 Å². The molecule has 0 unspecified atom stereocenters. The summed E-state index contributed by atoms with van der Waals surface area (Å²) < 4.78 is 34.0. The van der Waals surface area contributed by atoms with Crippen LogP contribution in [0.25, 0.3) is 0 Å². The highest BCUT2D eigenvalue weighted by Gasteiger charge is 2.28. The molecule has 130 valence electrons. The number of aryl methyl sites for hydroxylation is 1. The number of sulfone groups is 1. The molecule has 1 amide bonds. The molecule has 7 nitrogen and oxygen atoms in total. The van der Waals surface area contributed by atoms with Crippen molar-refractivity contribution >= 4 is 15.7 Å². The summed E-state index contributed by atoms with van der Waals surface area (Å²) in [5, 5.41) is 1.67. The number of nitrogens with one attached hydrogen (secondary N) is 1. The Kier molecular flexibility index (Phi) is 5.83. The van der Waals surface area contributed by atoms with Gasteiger partial charge in [0.05, 0.1) is 19.3 Å². The van der Waals surface area contributed by atoms with Crippen LogP contribution in [0.3, 0.4) is 0 Å². The van der Waals surface area contributed by atoms with Crippen LogP contribution in [-0.2, 0) is 19.4 Å². The lowest BCUT2D eigenvalue weighted by atomic mass is 10.1. The summed E-state index contributed by atoms with van der Waals surface area (Å²) in [6, 6.07) is 3.63. The van der Waals surface area contributed by atoms with E-state index in [-0.39, 0.29) is 6.04 Å². The van der Waals surface area contributed by atoms with E-state index < -0.39 is 21.0 Å². The minimum Gasteiger partial charge on any atom is -0.465 e. The number of carbonyl (C=O) groups is 1. The highest BCUT2D eigenvalue weighted by molar-refractivity contribution is 7.92. The number of morpholine rings is 1. The van der Waals surface area contributed by atoms with Crippen molar-refractivity contribution < 1.29 is 22.4 Å². The molecule has 0 bridgehead atoms.